The van der Waals surface area contributed by atoms with Crippen LogP contribution in [0.1, 0.15) is 56.8 Å². The van der Waals surface area contributed by atoms with E-state index < -0.39 is 35.4 Å². The molecule has 3 N–H and O–H groups in total. The van der Waals surface area contributed by atoms with E-state index in [1.165, 1.54) is 91.4 Å². The number of carbonyl (C=O) groups is 4. The topological polar surface area (TPSA) is 139 Å². The van der Waals surface area contributed by atoms with Crippen molar-refractivity contribution < 1.29 is 60.1 Å². The lowest BCUT2D eigenvalue weighted by molar-refractivity contribution is -0.140. The first-order valence-electron chi connectivity index (χ1n) is 16.1. The first kappa shape index (κ1) is 45.0. The highest BCUT2D eigenvalue weighted by atomic mass is 32.2. The molecule has 300 valence electrons. The van der Waals surface area contributed by atoms with Crippen LogP contribution in [0.2, 0.25) is 0 Å². The van der Waals surface area contributed by atoms with Crippen LogP contribution in [0.3, 0.4) is 0 Å². The molecule has 0 aliphatic heterocycles. The Morgan fingerprint density at radius 3 is 1.34 bits per heavy atom. The van der Waals surface area contributed by atoms with Gasteiger partial charge >= 0.3 is 18.3 Å². The second-order valence-corrected chi connectivity index (χ2v) is 13.7. The van der Waals surface area contributed by atoms with Gasteiger partial charge in [0, 0.05) is 67.5 Å². The SMILES string of the molecule is CSc1ccc(Oc2ccc(C(=O)O)cc2CN(C)C(C)=O)cc1C(F)(F)F.CSc1ccc(Oc2ccc(C(N)=O)cc2CN(C)C(C)=O)cc1C(F)(F)F. The molecule has 56 heavy (non-hydrogen) atoms. The van der Waals surface area contributed by atoms with E-state index in [1.807, 2.05) is 0 Å². The Morgan fingerprint density at radius 1 is 0.643 bits per heavy atom. The van der Waals surface area contributed by atoms with Crippen molar-refractivity contribution in [2.45, 2.75) is 49.1 Å². The molecule has 0 atom stereocenters. The van der Waals surface area contributed by atoms with Gasteiger partial charge < -0.3 is 30.1 Å². The zero-order valence-electron chi connectivity index (χ0n) is 30.8. The lowest BCUT2D eigenvalue weighted by atomic mass is 10.1. The van der Waals surface area contributed by atoms with Crippen LogP contribution < -0.4 is 15.2 Å². The first-order chi connectivity index (χ1) is 26.0. The largest absolute Gasteiger partial charge is 0.478 e. The minimum absolute atomic E-state index is 0.0105. The van der Waals surface area contributed by atoms with Crippen molar-refractivity contribution in [1.29, 1.82) is 0 Å². The second kappa shape index (κ2) is 19.0. The number of ether oxygens (including phenoxy) is 2. The molecule has 0 fully saturated rings. The van der Waals surface area contributed by atoms with E-state index in [9.17, 15) is 45.5 Å². The molecular formula is C38H37F6N3O7S2. The van der Waals surface area contributed by atoms with Crippen LogP contribution >= 0.6 is 23.5 Å². The Balaban J connectivity index is 0.000000300. The van der Waals surface area contributed by atoms with Gasteiger partial charge in [-0.2, -0.15) is 26.3 Å². The number of primary amides is 1. The van der Waals surface area contributed by atoms with Crippen LogP contribution in [-0.2, 0) is 35.0 Å². The molecule has 4 aromatic rings. The smallest absolute Gasteiger partial charge is 0.417 e. The number of hydrogen-bond donors (Lipinski definition) is 2. The molecule has 0 spiro atoms. The lowest BCUT2D eigenvalue weighted by Gasteiger charge is -2.19. The molecule has 0 aromatic heterocycles. The van der Waals surface area contributed by atoms with Crippen molar-refractivity contribution in [3.05, 3.63) is 106 Å². The third kappa shape index (κ3) is 12.3. The molecular weight excluding hydrogens is 789 g/mol. The number of carboxylic acids is 1. The molecule has 0 heterocycles. The van der Waals surface area contributed by atoms with Crippen LogP contribution in [0, 0.1) is 0 Å². The Morgan fingerprint density at radius 2 is 1.02 bits per heavy atom. The number of aromatic carboxylic acids is 1. The summed E-state index contributed by atoms with van der Waals surface area (Å²) in [5.41, 5.74) is 4.66. The van der Waals surface area contributed by atoms with Gasteiger partial charge in [0.1, 0.15) is 23.0 Å². The zero-order valence-corrected chi connectivity index (χ0v) is 32.4. The number of rotatable bonds is 12. The van der Waals surface area contributed by atoms with Crippen LogP contribution in [-0.4, -0.2) is 65.2 Å². The minimum Gasteiger partial charge on any atom is -0.478 e. The molecule has 4 rings (SSSR count). The number of nitrogens with zero attached hydrogens (tertiary/aromatic N) is 2. The number of benzene rings is 4. The predicted molar refractivity (Wildman–Crippen MR) is 199 cm³/mol. The fourth-order valence-corrected chi connectivity index (χ4v) is 6.02. The van der Waals surface area contributed by atoms with Gasteiger partial charge in [0.2, 0.25) is 17.7 Å². The highest BCUT2D eigenvalue weighted by Gasteiger charge is 2.35. The van der Waals surface area contributed by atoms with Gasteiger partial charge in [-0.1, -0.05) is 0 Å². The first-order valence-corrected chi connectivity index (χ1v) is 18.6. The molecule has 0 aliphatic rings. The Labute approximate surface area is 326 Å². The molecule has 3 amide bonds. The lowest BCUT2D eigenvalue weighted by Crippen LogP contribution is -2.23. The van der Waals surface area contributed by atoms with Crippen molar-refractivity contribution in [2.24, 2.45) is 5.73 Å². The van der Waals surface area contributed by atoms with Crippen LogP contribution in [0.25, 0.3) is 0 Å². The Kier molecular flexibility index (Phi) is 15.3. The van der Waals surface area contributed by atoms with Crippen molar-refractivity contribution in [3.63, 3.8) is 0 Å². The minimum atomic E-state index is -4.54. The van der Waals surface area contributed by atoms with Gasteiger partial charge in [-0.3, -0.25) is 14.4 Å². The third-order valence-corrected chi connectivity index (χ3v) is 9.54. The van der Waals surface area contributed by atoms with E-state index in [0.717, 1.165) is 35.7 Å². The number of alkyl halides is 6. The van der Waals surface area contributed by atoms with E-state index in [0.29, 0.717) is 11.1 Å². The van der Waals surface area contributed by atoms with Gasteiger partial charge in [-0.05, 0) is 85.3 Å². The van der Waals surface area contributed by atoms with E-state index in [4.69, 9.17) is 20.3 Å². The van der Waals surface area contributed by atoms with Crippen LogP contribution in [0.5, 0.6) is 23.0 Å². The number of amides is 3. The van der Waals surface area contributed by atoms with E-state index >= 15 is 0 Å². The van der Waals surface area contributed by atoms with Gasteiger partial charge in [0.05, 0.1) is 16.7 Å². The summed E-state index contributed by atoms with van der Waals surface area (Å²) in [5, 5.41) is 9.17. The molecule has 4 aromatic carbocycles. The van der Waals surface area contributed by atoms with Crippen LogP contribution in [0.4, 0.5) is 26.3 Å². The summed E-state index contributed by atoms with van der Waals surface area (Å²) in [4.78, 5) is 48.6. The fourth-order valence-electron chi connectivity index (χ4n) is 4.82. The Hall–Kier alpha value is -5.36. The summed E-state index contributed by atoms with van der Waals surface area (Å²) in [5.74, 6) is -1.96. The molecule has 0 saturated carbocycles. The fraction of sp³-hybridized carbons (Fsp3) is 0.263. The van der Waals surface area contributed by atoms with Crippen molar-refractivity contribution >= 4 is 47.2 Å². The van der Waals surface area contributed by atoms with Gasteiger partial charge in [0.25, 0.3) is 0 Å². The zero-order chi connectivity index (χ0) is 42.1. The summed E-state index contributed by atoms with van der Waals surface area (Å²) < 4.78 is 90.9. The average Bonchev–Trinajstić information content (AvgIpc) is 3.12. The monoisotopic (exact) mass is 825 g/mol. The number of nitrogens with two attached hydrogens (primary N) is 1. The normalized spacial score (nSPS) is 11.2. The van der Waals surface area contributed by atoms with Gasteiger partial charge in [-0.15, -0.1) is 23.5 Å². The number of halogens is 6. The third-order valence-electron chi connectivity index (χ3n) is 7.95. The number of hydrogen-bond acceptors (Lipinski definition) is 8. The predicted octanol–water partition coefficient (Wildman–Crippen LogP) is 9.19. The highest BCUT2D eigenvalue weighted by molar-refractivity contribution is 7.98. The number of carbonyl (C=O) groups excluding carboxylic acids is 3. The van der Waals surface area contributed by atoms with Gasteiger partial charge in [0.15, 0.2) is 0 Å². The van der Waals surface area contributed by atoms with Crippen LogP contribution in [0.15, 0.2) is 82.6 Å². The quantitative estimate of drug-likeness (QED) is 0.106. The molecule has 10 nitrogen and oxygen atoms in total. The number of carboxylic acid groups (broad SMARTS) is 1. The molecule has 0 radical (unpaired) electrons. The van der Waals surface area contributed by atoms with Gasteiger partial charge in [-0.25, -0.2) is 4.79 Å². The standard InChI is InChI=1S/C19H19F3N2O3S.C19H18F3NO4S/c1-11(25)24(2)10-13-8-12(18(23)26)4-6-16(13)27-14-5-7-17(28-3)15(9-14)19(20,21)22;1-11(24)23(2)10-13-8-12(18(25)26)4-6-16(13)27-14-5-7-17(28-3)15(9-14)19(20,21)22/h4-9H,10H2,1-3H3,(H2,23,26);4-9H,10H2,1-3H3,(H,25,26). The highest BCUT2D eigenvalue weighted by Crippen LogP contribution is 2.41. The summed E-state index contributed by atoms with van der Waals surface area (Å²) in [6.45, 7) is 2.86. The van der Waals surface area contributed by atoms with E-state index in [2.05, 4.69) is 0 Å². The Bertz CT molecular complexity index is 1950. The average molecular weight is 826 g/mol. The second-order valence-electron chi connectivity index (χ2n) is 12.0. The maximum atomic E-state index is 13.3. The summed E-state index contributed by atoms with van der Waals surface area (Å²) >= 11 is 1.96. The summed E-state index contributed by atoms with van der Waals surface area (Å²) in [6, 6.07) is 15.6. The maximum Gasteiger partial charge on any atom is 0.417 e. The maximum absolute atomic E-state index is 13.3. The molecule has 18 heteroatoms. The van der Waals surface area contributed by atoms with Crippen molar-refractivity contribution in [3.8, 4) is 23.0 Å². The van der Waals surface area contributed by atoms with E-state index in [1.54, 1.807) is 19.6 Å². The van der Waals surface area contributed by atoms with Crippen molar-refractivity contribution in [1.82, 2.24) is 9.80 Å². The molecule has 0 bridgehead atoms. The van der Waals surface area contributed by atoms with Crippen molar-refractivity contribution in [2.75, 3.05) is 26.6 Å². The molecule has 0 saturated heterocycles. The summed E-state index contributed by atoms with van der Waals surface area (Å²) in [6.07, 6.45) is -5.96. The van der Waals surface area contributed by atoms with E-state index in [-0.39, 0.29) is 68.8 Å². The molecule has 0 aliphatic carbocycles. The molecule has 0 unspecified atom stereocenters. The summed E-state index contributed by atoms with van der Waals surface area (Å²) in [7, 11) is 3.08. The number of thioether (sulfide) groups is 2.